The van der Waals surface area contributed by atoms with Crippen LogP contribution in [0.5, 0.6) is 0 Å². The quantitative estimate of drug-likeness (QED) is 0.256. The second-order valence-corrected chi connectivity index (χ2v) is 11.6. The predicted molar refractivity (Wildman–Crippen MR) is 136 cm³/mol. The number of nitrogens with one attached hydrogen (secondary N) is 2. The van der Waals surface area contributed by atoms with E-state index in [9.17, 15) is 16.8 Å². The zero-order valence-corrected chi connectivity index (χ0v) is 20.7. The van der Waals surface area contributed by atoms with Crippen molar-refractivity contribution < 1.29 is 21.3 Å². The Labute approximate surface area is 210 Å². The van der Waals surface area contributed by atoms with Crippen LogP contribution in [0.25, 0.3) is 21.9 Å². The van der Waals surface area contributed by atoms with Gasteiger partial charge in [-0.15, -0.1) is 0 Å². The van der Waals surface area contributed by atoms with Crippen LogP contribution in [0, 0.1) is 0 Å². The van der Waals surface area contributed by atoms with E-state index >= 15 is 0 Å². The highest BCUT2D eigenvalue weighted by atomic mass is 35.5. The van der Waals surface area contributed by atoms with E-state index in [4.69, 9.17) is 27.6 Å². The van der Waals surface area contributed by atoms with Gasteiger partial charge < -0.3 is 4.42 Å². The van der Waals surface area contributed by atoms with Gasteiger partial charge in [-0.25, -0.2) is 13.4 Å². The highest BCUT2D eigenvalue weighted by Gasteiger charge is 2.23. The Morgan fingerprint density at radius 2 is 1.49 bits per heavy atom. The van der Waals surface area contributed by atoms with Crippen LogP contribution in [0.4, 0.5) is 11.4 Å². The Kier molecular flexibility index (Phi) is 5.84. The second-order valence-electron chi connectivity index (χ2n) is 7.49. The van der Waals surface area contributed by atoms with Crippen molar-refractivity contribution in [2.24, 2.45) is 0 Å². The Balaban J connectivity index is 1.49. The largest absolute Gasteiger partial charge is 0.443 e. The molecule has 2 heterocycles. The van der Waals surface area contributed by atoms with Gasteiger partial charge in [0.25, 0.3) is 20.0 Å². The molecule has 0 aliphatic rings. The predicted octanol–water partition coefficient (Wildman–Crippen LogP) is 5.89. The molecule has 0 unspecified atom stereocenters. The molecule has 35 heavy (non-hydrogen) atoms. The first-order chi connectivity index (χ1) is 16.6. The molecular formula is C23H15Cl2N3O5S2. The molecule has 0 spiro atoms. The van der Waals surface area contributed by atoms with E-state index in [1.165, 1.54) is 42.5 Å². The van der Waals surface area contributed by atoms with E-state index in [2.05, 4.69) is 14.4 Å². The number of aromatic nitrogens is 1. The monoisotopic (exact) mass is 547 g/mol. The van der Waals surface area contributed by atoms with Crippen LogP contribution < -0.4 is 9.44 Å². The van der Waals surface area contributed by atoms with Gasteiger partial charge in [0.1, 0.15) is 10.7 Å². The number of pyridine rings is 1. The normalized spacial score (nSPS) is 12.2. The molecule has 0 saturated heterocycles. The average molecular weight is 548 g/mol. The first-order valence-corrected chi connectivity index (χ1v) is 13.7. The fourth-order valence-corrected chi connectivity index (χ4v) is 5.91. The number of halogens is 2. The van der Waals surface area contributed by atoms with Crippen LogP contribution in [0.2, 0.25) is 10.2 Å². The van der Waals surface area contributed by atoms with Gasteiger partial charge in [0, 0.05) is 21.9 Å². The zero-order chi connectivity index (χ0) is 24.8. The van der Waals surface area contributed by atoms with Gasteiger partial charge >= 0.3 is 0 Å². The highest BCUT2D eigenvalue weighted by Crippen LogP contribution is 2.32. The molecule has 2 aromatic heterocycles. The standard InChI is InChI=1S/C23H15Cl2N3O5S2/c24-16-6-8-19(27-34(29,30)17-7-9-18-14(11-17)5-10-22(25)26-18)20(13-16)28-35(31,32)23-12-15-3-1-2-4-21(15)33-23/h1-13,27-28H. The summed E-state index contributed by atoms with van der Waals surface area (Å²) in [6.45, 7) is 0. The molecule has 0 atom stereocenters. The number of rotatable bonds is 6. The maximum atomic E-state index is 13.1. The average Bonchev–Trinajstić information content (AvgIpc) is 3.26. The molecule has 8 nitrogen and oxygen atoms in total. The van der Waals surface area contributed by atoms with Crippen molar-refractivity contribution in [1.82, 2.24) is 4.98 Å². The molecule has 0 amide bonds. The van der Waals surface area contributed by atoms with E-state index in [1.54, 1.807) is 36.4 Å². The summed E-state index contributed by atoms with van der Waals surface area (Å²) in [5, 5.41) is 1.33. The molecule has 0 fully saturated rings. The number of fused-ring (bicyclic) bond motifs is 2. The van der Waals surface area contributed by atoms with Crippen molar-refractivity contribution in [3.8, 4) is 0 Å². The van der Waals surface area contributed by atoms with Gasteiger partial charge in [0.15, 0.2) is 0 Å². The van der Waals surface area contributed by atoms with Crippen LogP contribution in [0.1, 0.15) is 0 Å². The number of hydrogen-bond acceptors (Lipinski definition) is 6. The number of furan rings is 1. The summed E-state index contributed by atoms with van der Waals surface area (Å²) in [4.78, 5) is 4.10. The summed E-state index contributed by atoms with van der Waals surface area (Å²) in [6.07, 6.45) is 0. The lowest BCUT2D eigenvalue weighted by Crippen LogP contribution is -2.17. The molecule has 5 rings (SSSR count). The van der Waals surface area contributed by atoms with Crippen molar-refractivity contribution >= 4 is 76.5 Å². The molecule has 0 bridgehead atoms. The van der Waals surface area contributed by atoms with Gasteiger partial charge in [0.05, 0.1) is 21.8 Å². The van der Waals surface area contributed by atoms with Crippen LogP contribution in [0.3, 0.4) is 0 Å². The first-order valence-electron chi connectivity index (χ1n) is 10.0. The van der Waals surface area contributed by atoms with Gasteiger partial charge in [-0.2, -0.15) is 8.42 Å². The van der Waals surface area contributed by atoms with E-state index in [1.807, 2.05) is 0 Å². The van der Waals surface area contributed by atoms with Gasteiger partial charge in [-0.3, -0.25) is 9.44 Å². The van der Waals surface area contributed by atoms with E-state index in [0.717, 1.165) is 0 Å². The maximum Gasteiger partial charge on any atom is 0.295 e. The van der Waals surface area contributed by atoms with Gasteiger partial charge in [-0.05, 0) is 54.6 Å². The molecule has 178 valence electrons. The van der Waals surface area contributed by atoms with Crippen molar-refractivity contribution in [2.75, 3.05) is 9.44 Å². The lowest BCUT2D eigenvalue weighted by molar-refractivity contribution is 0.484. The Morgan fingerprint density at radius 1 is 0.714 bits per heavy atom. The topological polar surface area (TPSA) is 118 Å². The van der Waals surface area contributed by atoms with Crippen molar-refractivity contribution in [3.05, 3.63) is 89.0 Å². The number of anilines is 2. The first kappa shape index (κ1) is 23.4. The molecule has 0 saturated carbocycles. The molecule has 3 aromatic carbocycles. The van der Waals surface area contributed by atoms with Gasteiger partial charge in [-0.1, -0.05) is 41.4 Å². The smallest absolute Gasteiger partial charge is 0.295 e. The highest BCUT2D eigenvalue weighted by molar-refractivity contribution is 7.93. The fourth-order valence-electron chi connectivity index (χ4n) is 3.42. The summed E-state index contributed by atoms with van der Waals surface area (Å²) in [5.41, 5.74) is 0.827. The number of nitrogens with zero attached hydrogens (tertiary/aromatic N) is 1. The molecule has 2 N–H and O–H groups in total. The third kappa shape index (κ3) is 4.78. The summed E-state index contributed by atoms with van der Waals surface area (Å²) in [6, 6.07) is 19.8. The minimum absolute atomic E-state index is 0.0246. The minimum Gasteiger partial charge on any atom is -0.443 e. The lowest BCUT2D eigenvalue weighted by atomic mass is 10.2. The molecule has 12 heteroatoms. The SMILES string of the molecule is O=S(=O)(Nc1ccc(Cl)cc1NS(=O)(=O)c1cc2ccccc2o1)c1ccc2nc(Cl)ccc2c1. The summed E-state index contributed by atoms with van der Waals surface area (Å²) in [7, 11) is -8.30. The van der Waals surface area contributed by atoms with Crippen molar-refractivity contribution in [3.63, 3.8) is 0 Å². The van der Waals surface area contributed by atoms with Crippen LogP contribution >= 0.6 is 23.2 Å². The van der Waals surface area contributed by atoms with Crippen LogP contribution in [0.15, 0.2) is 93.3 Å². The van der Waals surface area contributed by atoms with Crippen LogP contribution in [-0.4, -0.2) is 21.8 Å². The number of para-hydroxylation sites is 1. The molecular weight excluding hydrogens is 533 g/mol. The van der Waals surface area contributed by atoms with Crippen molar-refractivity contribution in [1.29, 1.82) is 0 Å². The Hall–Kier alpha value is -3.31. The van der Waals surface area contributed by atoms with Gasteiger partial charge in [0.2, 0.25) is 5.09 Å². The number of hydrogen-bond donors (Lipinski definition) is 2. The zero-order valence-electron chi connectivity index (χ0n) is 17.6. The third-order valence-corrected chi connectivity index (χ3v) is 8.10. The maximum absolute atomic E-state index is 13.1. The molecule has 0 aliphatic carbocycles. The molecule has 5 aromatic rings. The van der Waals surface area contributed by atoms with E-state index in [0.29, 0.717) is 21.9 Å². The lowest BCUT2D eigenvalue weighted by Gasteiger charge is -2.14. The van der Waals surface area contributed by atoms with E-state index < -0.39 is 20.0 Å². The Morgan fingerprint density at radius 3 is 2.29 bits per heavy atom. The summed E-state index contributed by atoms with van der Waals surface area (Å²) < 4.78 is 62.5. The molecule has 0 aliphatic heterocycles. The molecule has 0 radical (unpaired) electrons. The Bertz CT molecular complexity index is 1790. The van der Waals surface area contributed by atoms with E-state index in [-0.39, 0.29) is 31.5 Å². The number of sulfonamides is 2. The summed E-state index contributed by atoms with van der Waals surface area (Å²) >= 11 is 12.0. The van der Waals surface area contributed by atoms with Crippen molar-refractivity contribution in [2.45, 2.75) is 9.99 Å². The second kappa shape index (κ2) is 8.72. The van der Waals surface area contributed by atoms with Crippen LogP contribution in [-0.2, 0) is 20.0 Å². The number of benzene rings is 3. The summed E-state index contributed by atoms with van der Waals surface area (Å²) in [5.74, 6) is 0. The third-order valence-electron chi connectivity index (χ3n) is 5.08. The minimum atomic E-state index is -4.20. The fraction of sp³-hybridized carbons (Fsp3) is 0.